The summed E-state index contributed by atoms with van der Waals surface area (Å²) in [6.45, 7) is 1.25. The highest BCUT2D eigenvalue weighted by molar-refractivity contribution is 5.81. The molecule has 0 saturated carbocycles. The molecule has 2 aromatic heterocycles. The third-order valence-electron chi connectivity index (χ3n) is 3.47. The van der Waals surface area contributed by atoms with E-state index in [9.17, 15) is 0 Å². The van der Waals surface area contributed by atoms with Crippen LogP contribution in [0, 0.1) is 0 Å². The Bertz CT molecular complexity index is 751. The number of aromatic amines is 1. The van der Waals surface area contributed by atoms with E-state index in [-0.39, 0.29) is 0 Å². The van der Waals surface area contributed by atoms with Crippen molar-refractivity contribution in [2.75, 3.05) is 7.05 Å². The Morgan fingerprint density at radius 2 is 2.09 bits per heavy atom. The summed E-state index contributed by atoms with van der Waals surface area (Å²) in [5, 5.41) is 11.7. The van der Waals surface area contributed by atoms with Gasteiger partial charge in [0.05, 0.1) is 13.1 Å². The number of nitrogens with one attached hydrogen (secondary N) is 3. The van der Waals surface area contributed by atoms with Crippen molar-refractivity contribution in [1.29, 1.82) is 0 Å². The summed E-state index contributed by atoms with van der Waals surface area (Å²) in [6, 6.07) is 10.4. The summed E-state index contributed by atoms with van der Waals surface area (Å²) in [7, 11) is 3.61. The van der Waals surface area contributed by atoms with Crippen LogP contribution in [0.25, 0.3) is 10.9 Å². The van der Waals surface area contributed by atoms with Crippen molar-refractivity contribution in [1.82, 2.24) is 30.4 Å². The molecule has 0 amide bonds. The molecule has 0 unspecified atom stereocenters. The Hall–Kier alpha value is -2.83. The first-order valence-electron chi connectivity index (χ1n) is 7.10. The minimum atomic E-state index is 0.572. The van der Waals surface area contributed by atoms with E-state index >= 15 is 0 Å². The monoisotopic (exact) mass is 297 g/mol. The second kappa shape index (κ2) is 6.30. The van der Waals surface area contributed by atoms with E-state index in [0.717, 1.165) is 23.0 Å². The fourth-order valence-corrected chi connectivity index (χ4v) is 2.27. The second-order valence-corrected chi connectivity index (χ2v) is 4.96. The van der Waals surface area contributed by atoms with Gasteiger partial charge in [-0.3, -0.25) is 9.67 Å². The van der Waals surface area contributed by atoms with Crippen molar-refractivity contribution < 1.29 is 0 Å². The molecule has 0 saturated heterocycles. The number of nitrogens with zero attached hydrogens (tertiary/aromatic N) is 4. The molecular formula is C15H19N7. The van der Waals surface area contributed by atoms with E-state index < -0.39 is 0 Å². The molecule has 2 heterocycles. The highest BCUT2D eigenvalue weighted by Crippen LogP contribution is 2.14. The molecular weight excluding hydrogens is 278 g/mol. The van der Waals surface area contributed by atoms with Crippen molar-refractivity contribution in [3.63, 3.8) is 0 Å². The van der Waals surface area contributed by atoms with Crippen LogP contribution in [0.1, 0.15) is 11.5 Å². The molecule has 0 aliphatic rings. The molecule has 3 aromatic rings. The van der Waals surface area contributed by atoms with Gasteiger partial charge in [0.2, 0.25) is 0 Å². The highest BCUT2D eigenvalue weighted by Gasteiger charge is 2.04. The number of benzene rings is 1. The number of hydrogen-bond donors (Lipinski definition) is 3. The van der Waals surface area contributed by atoms with Crippen LogP contribution in [0.15, 0.2) is 41.7 Å². The van der Waals surface area contributed by atoms with Gasteiger partial charge in [0.25, 0.3) is 0 Å². The molecule has 3 N–H and O–H groups in total. The van der Waals surface area contributed by atoms with Gasteiger partial charge in [-0.15, -0.1) is 0 Å². The number of fused-ring (bicyclic) bond motifs is 1. The molecule has 0 radical (unpaired) electrons. The van der Waals surface area contributed by atoms with E-state index in [4.69, 9.17) is 0 Å². The molecule has 1 aromatic carbocycles. The summed E-state index contributed by atoms with van der Waals surface area (Å²) in [4.78, 5) is 11.8. The van der Waals surface area contributed by atoms with Gasteiger partial charge in [-0.05, 0) is 17.5 Å². The number of H-pyrrole nitrogens is 1. The van der Waals surface area contributed by atoms with Gasteiger partial charge in [0.1, 0.15) is 12.2 Å². The Labute approximate surface area is 128 Å². The summed E-state index contributed by atoms with van der Waals surface area (Å²) < 4.78 is 1.73. The normalized spacial score (nSPS) is 11.8. The highest BCUT2D eigenvalue weighted by atomic mass is 15.3. The van der Waals surface area contributed by atoms with Crippen LogP contribution in [0.3, 0.4) is 0 Å². The second-order valence-electron chi connectivity index (χ2n) is 4.96. The van der Waals surface area contributed by atoms with E-state index in [1.807, 2.05) is 19.2 Å². The van der Waals surface area contributed by atoms with Crippen molar-refractivity contribution >= 4 is 16.9 Å². The van der Waals surface area contributed by atoms with Gasteiger partial charge >= 0.3 is 0 Å². The minimum Gasteiger partial charge on any atom is -0.357 e. The fourth-order valence-electron chi connectivity index (χ4n) is 2.27. The summed E-state index contributed by atoms with van der Waals surface area (Å²) in [5.74, 6) is 1.58. The lowest BCUT2D eigenvalue weighted by molar-refractivity contribution is 0.672. The maximum absolute atomic E-state index is 4.21. The summed E-state index contributed by atoms with van der Waals surface area (Å²) in [5.41, 5.74) is 2.25. The van der Waals surface area contributed by atoms with Crippen LogP contribution in [-0.2, 0) is 20.1 Å². The number of aliphatic imine (C=N–C) groups is 1. The van der Waals surface area contributed by atoms with Crippen LogP contribution < -0.4 is 10.6 Å². The van der Waals surface area contributed by atoms with Gasteiger partial charge < -0.3 is 15.6 Å². The van der Waals surface area contributed by atoms with Crippen molar-refractivity contribution in [3.05, 3.63) is 48.2 Å². The van der Waals surface area contributed by atoms with Crippen LogP contribution >= 0.6 is 0 Å². The van der Waals surface area contributed by atoms with Crippen LogP contribution in [-0.4, -0.2) is 32.8 Å². The van der Waals surface area contributed by atoms with E-state index in [0.29, 0.717) is 13.1 Å². The minimum absolute atomic E-state index is 0.572. The molecule has 0 fully saturated rings. The Kier molecular flexibility index (Phi) is 4.04. The van der Waals surface area contributed by atoms with Gasteiger partial charge in [0.15, 0.2) is 5.96 Å². The van der Waals surface area contributed by atoms with E-state index in [1.165, 1.54) is 11.7 Å². The molecule has 0 spiro atoms. The standard InChI is InChI=1S/C15H19N7/c1-16-15(18-9-14-19-10-20-22(14)2)17-8-12-7-11-5-3-4-6-13(11)21-12/h3-7,10,21H,8-9H2,1-2H3,(H2,16,17,18). The quantitative estimate of drug-likeness (QED) is 0.498. The molecule has 114 valence electrons. The third kappa shape index (κ3) is 3.08. The van der Waals surface area contributed by atoms with Crippen molar-refractivity contribution in [3.8, 4) is 0 Å². The number of aryl methyl sites for hydroxylation is 1. The predicted octanol–water partition coefficient (Wildman–Crippen LogP) is 1.16. The zero-order valence-corrected chi connectivity index (χ0v) is 12.7. The molecule has 22 heavy (non-hydrogen) atoms. The number of hydrogen-bond acceptors (Lipinski definition) is 3. The van der Waals surface area contributed by atoms with Crippen LogP contribution in [0.4, 0.5) is 0 Å². The Balaban J connectivity index is 1.58. The molecule has 7 heteroatoms. The number of rotatable bonds is 4. The third-order valence-corrected chi connectivity index (χ3v) is 3.47. The fraction of sp³-hybridized carbons (Fsp3) is 0.267. The first kappa shape index (κ1) is 14.1. The van der Waals surface area contributed by atoms with Gasteiger partial charge in [-0.25, -0.2) is 4.98 Å². The summed E-state index contributed by atoms with van der Waals surface area (Å²) >= 11 is 0. The number of guanidine groups is 1. The zero-order valence-electron chi connectivity index (χ0n) is 12.7. The molecule has 0 atom stereocenters. The average Bonchev–Trinajstić information content (AvgIpc) is 3.13. The first-order chi connectivity index (χ1) is 10.8. The molecule has 0 bridgehead atoms. The first-order valence-corrected chi connectivity index (χ1v) is 7.10. The van der Waals surface area contributed by atoms with E-state index in [2.05, 4.69) is 48.9 Å². The number of aromatic nitrogens is 4. The van der Waals surface area contributed by atoms with Crippen molar-refractivity contribution in [2.45, 2.75) is 13.1 Å². The maximum Gasteiger partial charge on any atom is 0.191 e. The van der Waals surface area contributed by atoms with Gasteiger partial charge in [0, 0.05) is 25.3 Å². The predicted molar refractivity (Wildman–Crippen MR) is 86.3 cm³/mol. The molecule has 7 nitrogen and oxygen atoms in total. The number of para-hydroxylation sites is 1. The summed E-state index contributed by atoms with van der Waals surface area (Å²) in [6.07, 6.45) is 1.54. The van der Waals surface area contributed by atoms with Gasteiger partial charge in [-0.1, -0.05) is 18.2 Å². The lowest BCUT2D eigenvalue weighted by atomic mass is 10.2. The largest absolute Gasteiger partial charge is 0.357 e. The lowest BCUT2D eigenvalue weighted by Crippen LogP contribution is -2.37. The van der Waals surface area contributed by atoms with Gasteiger partial charge in [-0.2, -0.15) is 5.10 Å². The zero-order chi connectivity index (χ0) is 15.4. The molecule has 0 aliphatic heterocycles. The molecule has 0 aliphatic carbocycles. The van der Waals surface area contributed by atoms with Crippen LogP contribution in [0.5, 0.6) is 0 Å². The lowest BCUT2D eigenvalue weighted by Gasteiger charge is -2.10. The SMILES string of the molecule is CN=C(NCc1cc2ccccc2[nH]1)NCc1ncnn1C. The molecule has 3 rings (SSSR count). The smallest absolute Gasteiger partial charge is 0.191 e. The maximum atomic E-state index is 4.21. The van der Waals surface area contributed by atoms with Crippen LogP contribution in [0.2, 0.25) is 0 Å². The average molecular weight is 297 g/mol. The van der Waals surface area contributed by atoms with Crippen molar-refractivity contribution in [2.24, 2.45) is 12.0 Å². The Morgan fingerprint density at radius 3 is 2.82 bits per heavy atom. The van der Waals surface area contributed by atoms with E-state index in [1.54, 1.807) is 11.7 Å². The Morgan fingerprint density at radius 1 is 1.27 bits per heavy atom. The topological polar surface area (TPSA) is 82.9 Å².